The summed E-state index contributed by atoms with van der Waals surface area (Å²) in [6.07, 6.45) is 1.98. The summed E-state index contributed by atoms with van der Waals surface area (Å²) in [6.45, 7) is 2.89. The molecule has 2 aromatic carbocycles. The van der Waals surface area contributed by atoms with Gasteiger partial charge in [0.15, 0.2) is 11.5 Å². The van der Waals surface area contributed by atoms with Crippen molar-refractivity contribution in [2.45, 2.75) is 0 Å². The number of hydrogen-bond acceptors (Lipinski definition) is 5. The number of hydrogen-bond donors (Lipinski definition) is 1. The summed E-state index contributed by atoms with van der Waals surface area (Å²) in [5.41, 5.74) is 3.65. The van der Waals surface area contributed by atoms with Gasteiger partial charge in [0, 0.05) is 46.2 Å². The molecule has 6 rings (SSSR count). The van der Waals surface area contributed by atoms with Crippen molar-refractivity contribution in [2.75, 3.05) is 31.2 Å². The molecule has 0 unspecified atom stereocenters. The monoisotopic (exact) mass is 404 g/mol. The van der Waals surface area contributed by atoms with E-state index >= 15 is 0 Å². The van der Waals surface area contributed by atoms with E-state index in [4.69, 9.17) is 21.3 Å². The predicted molar refractivity (Wildman–Crippen MR) is 114 cm³/mol. The number of para-hydroxylation sites is 1. The summed E-state index contributed by atoms with van der Waals surface area (Å²) in [7, 11) is 0. The predicted octanol–water partition coefficient (Wildman–Crippen LogP) is 3.92. The number of anilines is 1. The molecule has 0 saturated carbocycles. The Morgan fingerprint density at radius 2 is 1.86 bits per heavy atom. The van der Waals surface area contributed by atoms with Gasteiger partial charge in [-0.1, -0.05) is 29.8 Å². The Morgan fingerprint density at radius 3 is 2.76 bits per heavy atom. The van der Waals surface area contributed by atoms with E-state index in [0.29, 0.717) is 18.2 Å². The molecule has 1 saturated heterocycles. The maximum Gasteiger partial charge on any atom is 0.213 e. The van der Waals surface area contributed by atoms with Crippen LogP contribution in [0.25, 0.3) is 38.8 Å². The average Bonchev–Trinajstić information content (AvgIpc) is 3.38. The highest BCUT2D eigenvalue weighted by Crippen LogP contribution is 2.33. The summed E-state index contributed by atoms with van der Waals surface area (Å²) in [5.74, 6) is 1.58. The Hall–Kier alpha value is -3.16. The lowest BCUT2D eigenvalue weighted by molar-refractivity contribution is 0.122. The summed E-state index contributed by atoms with van der Waals surface area (Å²) >= 11 is 6.27. The van der Waals surface area contributed by atoms with Gasteiger partial charge < -0.3 is 14.6 Å². The van der Waals surface area contributed by atoms with Gasteiger partial charge in [-0.05, 0) is 24.3 Å². The van der Waals surface area contributed by atoms with Gasteiger partial charge in [-0.25, -0.2) is 9.38 Å². The molecule has 0 atom stereocenters. The van der Waals surface area contributed by atoms with Gasteiger partial charge in [0.2, 0.25) is 5.95 Å². The zero-order valence-electron chi connectivity index (χ0n) is 15.5. The van der Waals surface area contributed by atoms with Gasteiger partial charge in [0.1, 0.15) is 0 Å². The normalized spacial score (nSPS) is 15.0. The molecule has 0 spiro atoms. The highest BCUT2D eigenvalue weighted by Gasteiger charge is 2.23. The van der Waals surface area contributed by atoms with Gasteiger partial charge >= 0.3 is 0 Å². The van der Waals surface area contributed by atoms with E-state index in [0.717, 1.165) is 57.9 Å². The number of rotatable bonds is 2. The minimum atomic E-state index is 0.650. The molecule has 3 aromatic heterocycles. The van der Waals surface area contributed by atoms with Crippen molar-refractivity contribution in [3.8, 4) is 11.4 Å². The van der Waals surface area contributed by atoms with E-state index in [1.807, 2.05) is 40.9 Å². The largest absolute Gasteiger partial charge is 0.378 e. The Bertz CT molecular complexity index is 1370. The summed E-state index contributed by atoms with van der Waals surface area (Å²) in [6, 6.07) is 13.9. The van der Waals surface area contributed by atoms with Crippen LogP contribution in [0.3, 0.4) is 0 Å². The molecule has 29 heavy (non-hydrogen) atoms. The molecule has 1 fully saturated rings. The van der Waals surface area contributed by atoms with Gasteiger partial charge in [-0.2, -0.15) is 0 Å². The molecule has 8 heteroatoms. The van der Waals surface area contributed by atoms with Crippen LogP contribution in [0.15, 0.2) is 48.7 Å². The van der Waals surface area contributed by atoms with Gasteiger partial charge in [-0.15, -0.1) is 10.2 Å². The van der Waals surface area contributed by atoms with E-state index < -0.39 is 0 Å². The summed E-state index contributed by atoms with van der Waals surface area (Å²) in [4.78, 5) is 10.5. The van der Waals surface area contributed by atoms with Crippen LogP contribution in [0.5, 0.6) is 0 Å². The van der Waals surface area contributed by atoms with Crippen LogP contribution in [0.4, 0.5) is 5.95 Å². The molecule has 4 heterocycles. The first-order valence-corrected chi connectivity index (χ1v) is 9.91. The topological polar surface area (TPSA) is 71.3 Å². The third-order valence-electron chi connectivity index (χ3n) is 5.41. The SMILES string of the molecule is Clc1ccc2nc(N3CCOCC3)n3c(-c4c[nH]c5ccccc45)nnc3c2c1. The number of aromatic nitrogens is 5. The Labute approximate surface area is 170 Å². The van der Waals surface area contributed by atoms with Crippen molar-refractivity contribution in [2.24, 2.45) is 0 Å². The standard InChI is InChI=1S/C21H17ClN6O/c22-13-5-6-18-15(11-13)19-25-26-20(16-12-23-17-4-2-1-3-14(16)17)28(19)21(24-18)27-7-9-29-10-8-27/h1-6,11-12,23H,7-10H2. The number of nitrogens with one attached hydrogen (secondary N) is 1. The van der Waals surface area contributed by atoms with E-state index in [1.54, 1.807) is 0 Å². The first kappa shape index (κ1) is 16.8. The van der Waals surface area contributed by atoms with Crippen LogP contribution in [-0.4, -0.2) is 50.9 Å². The lowest BCUT2D eigenvalue weighted by Crippen LogP contribution is -2.38. The quantitative estimate of drug-likeness (QED) is 0.483. The molecule has 0 radical (unpaired) electrons. The summed E-state index contributed by atoms with van der Waals surface area (Å²) in [5, 5.41) is 11.8. The average molecular weight is 405 g/mol. The Kier molecular flexibility index (Phi) is 3.72. The fourth-order valence-electron chi connectivity index (χ4n) is 4.00. The van der Waals surface area contributed by atoms with E-state index in [2.05, 4.69) is 32.2 Å². The fourth-order valence-corrected chi connectivity index (χ4v) is 4.17. The van der Waals surface area contributed by atoms with Gasteiger partial charge in [0.05, 0.1) is 18.7 Å². The lowest BCUT2D eigenvalue weighted by atomic mass is 10.1. The first-order chi connectivity index (χ1) is 14.3. The van der Waals surface area contributed by atoms with Crippen LogP contribution in [0, 0.1) is 0 Å². The van der Waals surface area contributed by atoms with Crippen LogP contribution >= 0.6 is 11.6 Å². The zero-order valence-corrected chi connectivity index (χ0v) is 16.2. The molecule has 144 valence electrons. The smallest absolute Gasteiger partial charge is 0.213 e. The van der Waals surface area contributed by atoms with Crippen molar-refractivity contribution in [3.63, 3.8) is 0 Å². The van der Waals surface area contributed by atoms with Crippen LogP contribution in [0.1, 0.15) is 0 Å². The van der Waals surface area contributed by atoms with Crippen LogP contribution < -0.4 is 4.90 Å². The van der Waals surface area contributed by atoms with Crippen molar-refractivity contribution in [3.05, 3.63) is 53.7 Å². The number of nitrogens with zero attached hydrogens (tertiary/aromatic N) is 5. The van der Waals surface area contributed by atoms with Gasteiger partial charge in [-0.3, -0.25) is 0 Å². The minimum absolute atomic E-state index is 0.650. The highest BCUT2D eigenvalue weighted by molar-refractivity contribution is 6.31. The molecule has 1 aliphatic heterocycles. The number of ether oxygens (including phenoxy) is 1. The lowest BCUT2D eigenvalue weighted by Gasteiger charge is -2.28. The van der Waals surface area contributed by atoms with Crippen LogP contribution in [-0.2, 0) is 4.74 Å². The molecule has 1 N–H and O–H groups in total. The summed E-state index contributed by atoms with van der Waals surface area (Å²) < 4.78 is 7.59. The minimum Gasteiger partial charge on any atom is -0.378 e. The van der Waals surface area contributed by atoms with Crippen molar-refractivity contribution in [1.82, 2.24) is 24.6 Å². The maximum atomic E-state index is 6.27. The zero-order chi connectivity index (χ0) is 19.4. The third-order valence-corrected chi connectivity index (χ3v) is 5.64. The van der Waals surface area contributed by atoms with Gasteiger partial charge in [0.25, 0.3) is 0 Å². The van der Waals surface area contributed by atoms with Crippen molar-refractivity contribution in [1.29, 1.82) is 0 Å². The Balaban J connectivity index is 1.70. The number of halogens is 1. The van der Waals surface area contributed by atoms with Crippen molar-refractivity contribution >= 4 is 45.0 Å². The number of aromatic amines is 1. The fraction of sp³-hybridized carbons (Fsp3) is 0.190. The molecular formula is C21H17ClN6O. The molecule has 5 aromatic rings. The molecule has 0 bridgehead atoms. The van der Waals surface area contributed by atoms with E-state index in [9.17, 15) is 0 Å². The second kappa shape index (κ2) is 6.43. The third kappa shape index (κ3) is 2.58. The molecule has 7 nitrogen and oxygen atoms in total. The molecular weight excluding hydrogens is 388 g/mol. The molecule has 1 aliphatic rings. The first-order valence-electron chi connectivity index (χ1n) is 9.53. The van der Waals surface area contributed by atoms with Crippen LogP contribution in [0.2, 0.25) is 5.02 Å². The number of benzene rings is 2. The second-order valence-electron chi connectivity index (χ2n) is 7.10. The highest BCUT2D eigenvalue weighted by atomic mass is 35.5. The van der Waals surface area contributed by atoms with Crippen molar-refractivity contribution < 1.29 is 4.74 Å². The maximum absolute atomic E-state index is 6.27. The second-order valence-corrected chi connectivity index (χ2v) is 7.54. The molecule has 0 aliphatic carbocycles. The number of morpholine rings is 1. The molecule has 0 amide bonds. The van der Waals surface area contributed by atoms with E-state index in [1.165, 1.54) is 0 Å². The van der Waals surface area contributed by atoms with E-state index in [-0.39, 0.29) is 0 Å². The number of H-pyrrole nitrogens is 1. The Morgan fingerprint density at radius 1 is 1.00 bits per heavy atom. The number of fused-ring (bicyclic) bond motifs is 4.